The summed E-state index contributed by atoms with van der Waals surface area (Å²) in [4.78, 5) is 25.3. The number of carbonyl (C=O) groups is 2. The summed E-state index contributed by atoms with van der Waals surface area (Å²) in [5.41, 5.74) is 4.02. The Labute approximate surface area is 193 Å². The van der Waals surface area contributed by atoms with Gasteiger partial charge in [-0.3, -0.25) is 9.59 Å². The van der Waals surface area contributed by atoms with Gasteiger partial charge in [0.1, 0.15) is 17.2 Å². The first-order valence-corrected chi connectivity index (χ1v) is 10.9. The van der Waals surface area contributed by atoms with Crippen molar-refractivity contribution in [3.63, 3.8) is 0 Å². The number of ketones is 1. The second kappa shape index (κ2) is 9.33. The fraction of sp³-hybridized carbons (Fsp3) is 0.214. The minimum Gasteiger partial charge on any atom is -0.497 e. The van der Waals surface area contributed by atoms with Crippen LogP contribution in [0.2, 0.25) is 0 Å². The van der Waals surface area contributed by atoms with Crippen LogP contribution in [0.15, 0.2) is 66.4 Å². The van der Waals surface area contributed by atoms with E-state index in [4.69, 9.17) is 14.2 Å². The molecule has 0 amide bonds. The molecule has 1 aliphatic heterocycles. The molecular weight excluding hydrogens is 416 g/mol. The van der Waals surface area contributed by atoms with E-state index in [0.29, 0.717) is 28.5 Å². The smallest absolute Gasteiger partial charge is 0.315 e. The highest BCUT2D eigenvalue weighted by Crippen LogP contribution is 2.39. The second-order valence-electron chi connectivity index (χ2n) is 8.33. The Morgan fingerprint density at radius 3 is 2.33 bits per heavy atom. The van der Waals surface area contributed by atoms with Gasteiger partial charge in [0.2, 0.25) is 5.78 Å². The third kappa shape index (κ3) is 4.82. The maximum atomic E-state index is 12.8. The van der Waals surface area contributed by atoms with Crippen LogP contribution in [-0.4, -0.2) is 18.9 Å². The van der Waals surface area contributed by atoms with Crippen molar-refractivity contribution in [1.82, 2.24) is 0 Å². The molecule has 0 radical (unpaired) electrons. The second-order valence-corrected chi connectivity index (χ2v) is 8.33. The molecule has 0 unspecified atom stereocenters. The number of esters is 1. The zero-order valence-corrected chi connectivity index (χ0v) is 19.2. The van der Waals surface area contributed by atoms with Gasteiger partial charge in [-0.1, -0.05) is 50.2 Å². The molecule has 0 saturated heterocycles. The van der Waals surface area contributed by atoms with Crippen LogP contribution in [-0.2, 0) is 11.2 Å². The van der Waals surface area contributed by atoms with Crippen molar-refractivity contribution >= 4 is 17.8 Å². The third-order valence-corrected chi connectivity index (χ3v) is 5.67. The monoisotopic (exact) mass is 442 g/mol. The van der Waals surface area contributed by atoms with E-state index in [-0.39, 0.29) is 18.0 Å². The van der Waals surface area contributed by atoms with Crippen molar-refractivity contribution in [3.8, 4) is 17.2 Å². The zero-order valence-electron chi connectivity index (χ0n) is 19.2. The molecule has 0 fully saturated rings. The maximum absolute atomic E-state index is 12.8. The zero-order chi connectivity index (χ0) is 23.5. The van der Waals surface area contributed by atoms with Gasteiger partial charge in [-0.15, -0.1) is 0 Å². The quantitative estimate of drug-likeness (QED) is 0.271. The van der Waals surface area contributed by atoms with Gasteiger partial charge in [0.05, 0.1) is 19.1 Å². The molecule has 0 aromatic heterocycles. The highest BCUT2D eigenvalue weighted by Gasteiger charge is 2.30. The lowest BCUT2D eigenvalue weighted by Crippen LogP contribution is -2.12. The van der Waals surface area contributed by atoms with Gasteiger partial charge in [-0.2, -0.15) is 0 Å². The minimum atomic E-state index is -0.395. The first kappa shape index (κ1) is 22.3. The molecular formula is C28H26O5. The predicted molar refractivity (Wildman–Crippen MR) is 127 cm³/mol. The number of Topliss-reactive ketones (excluding diaryl/α,β-unsaturated/α-hetero) is 1. The van der Waals surface area contributed by atoms with Crippen LogP contribution in [0.5, 0.6) is 17.2 Å². The summed E-state index contributed by atoms with van der Waals surface area (Å²) in [5.74, 6) is 1.65. The highest BCUT2D eigenvalue weighted by molar-refractivity contribution is 6.15. The van der Waals surface area contributed by atoms with E-state index in [1.54, 1.807) is 44.4 Å². The summed E-state index contributed by atoms with van der Waals surface area (Å²) in [6.07, 6.45) is 1.86. The largest absolute Gasteiger partial charge is 0.497 e. The Balaban J connectivity index is 1.49. The lowest BCUT2D eigenvalue weighted by atomic mass is 10.0. The molecule has 3 aromatic carbocycles. The molecule has 0 aliphatic carbocycles. The number of benzene rings is 3. The molecule has 0 saturated carbocycles. The van der Waals surface area contributed by atoms with Gasteiger partial charge < -0.3 is 14.2 Å². The summed E-state index contributed by atoms with van der Waals surface area (Å²) < 4.78 is 16.6. The van der Waals surface area contributed by atoms with Gasteiger partial charge in [0, 0.05) is 5.56 Å². The third-order valence-electron chi connectivity index (χ3n) is 5.67. The molecule has 4 rings (SSSR count). The molecule has 0 atom stereocenters. The van der Waals surface area contributed by atoms with Crippen LogP contribution in [0, 0.1) is 6.92 Å². The molecule has 0 N–H and O–H groups in total. The SMILES string of the molecule is COc1ccc(CC(=O)Oc2ccc3c(c2C)O/C(=C\c2ccc(C(C)C)cc2)C3=O)cc1. The van der Waals surface area contributed by atoms with Crippen molar-refractivity contribution in [2.24, 2.45) is 0 Å². The van der Waals surface area contributed by atoms with Crippen molar-refractivity contribution in [1.29, 1.82) is 0 Å². The Kier molecular flexibility index (Phi) is 6.31. The lowest BCUT2D eigenvalue weighted by molar-refractivity contribution is -0.133. The van der Waals surface area contributed by atoms with Crippen LogP contribution < -0.4 is 14.2 Å². The van der Waals surface area contributed by atoms with Crippen molar-refractivity contribution in [2.75, 3.05) is 7.11 Å². The minimum absolute atomic E-state index is 0.123. The molecule has 168 valence electrons. The average molecular weight is 443 g/mol. The van der Waals surface area contributed by atoms with Crippen LogP contribution in [0.25, 0.3) is 6.08 Å². The van der Waals surface area contributed by atoms with E-state index in [2.05, 4.69) is 26.0 Å². The van der Waals surface area contributed by atoms with E-state index in [0.717, 1.165) is 16.9 Å². The Hall–Kier alpha value is -3.86. The number of methoxy groups -OCH3 is 1. The van der Waals surface area contributed by atoms with E-state index in [1.165, 1.54) is 5.56 Å². The van der Waals surface area contributed by atoms with Gasteiger partial charge in [-0.25, -0.2) is 0 Å². The van der Waals surface area contributed by atoms with E-state index in [9.17, 15) is 9.59 Å². The summed E-state index contributed by atoms with van der Waals surface area (Å²) in [5, 5.41) is 0. The maximum Gasteiger partial charge on any atom is 0.315 e. The molecule has 33 heavy (non-hydrogen) atoms. The lowest BCUT2D eigenvalue weighted by Gasteiger charge is -2.10. The van der Waals surface area contributed by atoms with Crippen molar-refractivity contribution in [3.05, 3.63) is 94.2 Å². The topological polar surface area (TPSA) is 61.8 Å². The molecule has 3 aromatic rings. The van der Waals surface area contributed by atoms with Crippen molar-refractivity contribution < 1.29 is 23.8 Å². The standard InChI is InChI=1S/C28H26O5/c1-17(2)21-9-5-19(6-10-21)15-25-27(30)23-13-14-24(18(3)28(23)33-25)32-26(29)16-20-7-11-22(31-4)12-8-20/h5-15,17H,16H2,1-4H3/b25-15-. The first-order valence-electron chi connectivity index (χ1n) is 10.9. The van der Waals surface area contributed by atoms with Gasteiger partial charge in [-0.05, 0) is 59.9 Å². The summed E-state index contributed by atoms with van der Waals surface area (Å²) in [6.45, 7) is 6.05. The number of allylic oxidation sites excluding steroid dienone is 1. The Morgan fingerprint density at radius 2 is 1.70 bits per heavy atom. The number of hydrogen-bond acceptors (Lipinski definition) is 5. The average Bonchev–Trinajstić information content (AvgIpc) is 3.12. The van der Waals surface area contributed by atoms with E-state index in [1.807, 2.05) is 24.3 Å². The molecule has 1 aliphatic rings. The van der Waals surface area contributed by atoms with Crippen LogP contribution >= 0.6 is 0 Å². The molecule has 5 nitrogen and oxygen atoms in total. The van der Waals surface area contributed by atoms with Gasteiger partial charge in [0.15, 0.2) is 5.76 Å². The van der Waals surface area contributed by atoms with Crippen LogP contribution in [0.1, 0.15) is 52.4 Å². The van der Waals surface area contributed by atoms with E-state index < -0.39 is 5.97 Å². The molecule has 5 heteroatoms. The number of hydrogen-bond donors (Lipinski definition) is 0. The van der Waals surface area contributed by atoms with Crippen LogP contribution in [0.3, 0.4) is 0 Å². The number of fused-ring (bicyclic) bond motifs is 1. The summed E-state index contributed by atoms with van der Waals surface area (Å²) >= 11 is 0. The summed E-state index contributed by atoms with van der Waals surface area (Å²) in [7, 11) is 1.59. The fourth-order valence-corrected chi connectivity index (χ4v) is 3.68. The first-order chi connectivity index (χ1) is 15.9. The molecule has 0 bridgehead atoms. The number of ether oxygens (including phenoxy) is 3. The molecule has 0 spiro atoms. The number of rotatable bonds is 6. The fourth-order valence-electron chi connectivity index (χ4n) is 3.68. The van der Waals surface area contributed by atoms with Crippen LogP contribution in [0.4, 0.5) is 0 Å². The highest BCUT2D eigenvalue weighted by atomic mass is 16.5. The summed E-state index contributed by atoms with van der Waals surface area (Å²) in [6, 6.07) is 18.6. The molecule has 1 heterocycles. The predicted octanol–water partition coefficient (Wildman–Crippen LogP) is 5.89. The van der Waals surface area contributed by atoms with Crippen molar-refractivity contribution in [2.45, 2.75) is 33.1 Å². The normalized spacial score (nSPS) is 13.7. The van der Waals surface area contributed by atoms with E-state index >= 15 is 0 Å². The van der Waals surface area contributed by atoms with Gasteiger partial charge >= 0.3 is 5.97 Å². The Morgan fingerprint density at radius 1 is 1.00 bits per heavy atom. The number of carbonyl (C=O) groups excluding carboxylic acids is 2. The Bertz CT molecular complexity index is 1220. The van der Waals surface area contributed by atoms with Gasteiger partial charge in [0.25, 0.3) is 0 Å².